The van der Waals surface area contributed by atoms with Crippen LogP contribution in [0.4, 0.5) is 5.69 Å². The van der Waals surface area contributed by atoms with Crippen molar-refractivity contribution in [2.24, 2.45) is 0 Å². The van der Waals surface area contributed by atoms with Crippen LogP contribution >= 0.6 is 0 Å². The lowest BCUT2D eigenvalue weighted by Crippen LogP contribution is -2.29. The Morgan fingerprint density at radius 2 is 1.59 bits per heavy atom. The number of rotatable bonds is 6. The van der Waals surface area contributed by atoms with Gasteiger partial charge in [0.15, 0.2) is 0 Å². The van der Waals surface area contributed by atoms with Crippen molar-refractivity contribution < 1.29 is 19.1 Å². The molecule has 2 aromatic rings. The molecule has 0 radical (unpaired) electrons. The Balaban J connectivity index is 1.53. The molecule has 1 N–H and O–H groups in total. The van der Waals surface area contributed by atoms with Gasteiger partial charge in [0.2, 0.25) is 11.8 Å². The number of carbonyl (C=O) groups is 3. The quantitative estimate of drug-likeness (QED) is 0.630. The van der Waals surface area contributed by atoms with E-state index in [2.05, 4.69) is 5.32 Å². The average molecular weight is 366 g/mol. The van der Waals surface area contributed by atoms with Crippen LogP contribution in [0, 0.1) is 13.8 Å². The largest absolute Gasteiger partial charge is 0.491 e. The highest BCUT2D eigenvalue weighted by Crippen LogP contribution is 2.23. The van der Waals surface area contributed by atoms with Gasteiger partial charge in [-0.15, -0.1) is 0 Å². The highest BCUT2D eigenvalue weighted by atomic mass is 16.5. The van der Waals surface area contributed by atoms with E-state index < -0.39 is 0 Å². The van der Waals surface area contributed by atoms with E-state index in [0.717, 1.165) is 16.9 Å². The predicted molar refractivity (Wildman–Crippen MR) is 102 cm³/mol. The second-order valence-electron chi connectivity index (χ2n) is 6.50. The number of hydrogen-bond acceptors (Lipinski definition) is 4. The molecule has 1 aliphatic heterocycles. The first kappa shape index (κ1) is 18.6. The Hall–Kier alpha value is -3.15. The zero-order valence-electron chi connectivity index (χ0n) is 15.5. The molecule has 0 aromatic heterocycles. The van der Waals surface area contributed by atoms with Crippen molar-refractivity contribution in [1.29, 1.82) is 0 Å². The summed E-state index contributed by atoms with van der Waals surface area (Å²) in [5, 5.41) is 2.80. The maximum Gasteiger partial charge on any atom is 0.251 e. The van der Waals surface area contributed by atoms with Crippen molar-refractivity contribution in [3.8, 4) is 5.75 Å². The number of benzene rings is 2. The molecule has 27 heavy (non-hydrogen) atoms. The molecule has 0 aliphatic carbocycles. The van der Waals surface area contributed by atoms with Gasteiger partial charge in [-0.05, 0) is 49.2 Å². The van der Waals surface area contributed by atoms with E-state index in [9.17, 15) is 14.4 Å². The van der Waals surface area contributed by atoms with E-state index in [1.165, 1.54) is 4.90 Å². The van der Waals surface area contributed by atoms with Crippen molar-refractivity contribution in [3.05, 3.63) is 59.2 Å². The van der Waals surface area contributed by atoms with Crippen LogP contribution in [-0.2, 0) is 9.59 Å². The molecule has 0 spiro atoms. The van der Waals surface area contributed by atoms with E-state index in [1.54, 1.807) is 24.3 Å². The third kappa shape index (κ3) is 4.16. The molecule has 6 nitrogen and oxygen atoms in total. The number of ether oxygens (including phenoxy) is 1. The maximum absolute atomic E-state index is 12.2. The summed E-state index contributed by atoms with van der Waals surface area (Å²) in [7, 11) is 0. The summed E-state index contributed by atoms with van der Waals surface area (Å²) in [4.78, 5) is 36.9. The second-order valence-corrected chi connectivity index (χ2v) is 6.50. The molecule has 140 valence electrons. The first-order valence-electron chi connectivity index (χ1n) is 8.90. The minimum absolute atomic E-state index is 0.208. The Morgan fingerprint density at radius 3 is 2.19 bits per heavy atom. The number of nitrogens with zero attached hydrogens (tertiary/aromatic N) is 1. The lowest BCUT2D eigenvalue weighted by atomic mass is 10.1. The van der Waals surface area contributed by atoms with Gasteiger partial charge < -0.3 is 10.1 Å². The molecular formula is C21H22N2O4. The first-order chi connectivity index (χ1) is 13.0. The molecule has 0 unspecified atom stereocenters. The van der Waals surface area contributed by atoms with Gasteiger partial charge in [-0.2, -0.15) is 0 Å². The van der Waals surface area contributed by atoms with Crippen LogP contribution in [0.15, 0.2) is 42.5 Å². The van der Waals surface area contributed by atoms with E-state index in [1.807, 2.05) is 32.0 Å². The lowest BCUT2D eigenvalue weighted by Gasteiger charge is -2.14. The molecule has 1 heterocycles. The van der Waals surface area contributed by atoms with Crippen LogP contribution in [0.1, 0.15) is 34.3 Å². The van der Waals surface area contributed by atoms with Gasteiger partial charge in [-0.3, -0.25) is 19.3 Å². The molecule has 1 fully saturated rings. The Bertz CT molecular complexity index is 838. The highest BCUT2D eigenvalue weighted by Gasteiger charge is 2.30. The fourth-order valence-electron chi connectivity index (χ4n) is 3.07. The van der Waals surface area contributed by atoms with Crippen LogP contribution in [-0.4, -0.2) is 30.9 Å². The molecular weight excluding hydrogens is 344 g/mol. The summed E-state index contributed by atoms with van der Waals surface area (Å²) in [6.07, 6.45) is 0.475. The van der Waals surface area contributed by atoms with Crippen molar-refractivity contribution >= 4 is 23.4 Å². The third-order valence-corrected chi connectivity index (χ3v) is 4.48. The number of imide groups is 1. The summed E-state index contributed by atoms with van der Waals surface area (Å²) >= 11 is 0. The Kier molecular flexibility index (Phi) is 5.54. The number of hydrogen-bond donors (Lipinski definition) is 1. The van der Waals surface area contributed by atoms with Crippen LogP contribution in [0.2, 0.25) is 0 Å². The van der Waals surface area contributed by atoms with Gasteiger partial charge in [-0.1, -0.05) is 18.2 Å². The fourth-order valence-corrected chi connectivity index (χ4v) is 3.07. The summed E-state index contributed by atoms with van der Waals surface area (Å²) in [6.45, 7) is 4.71. The van der Waals surface area contributed by atoms with Crippen LogP contribution in [0.25, 0.3) is 0 Å². The molecule has 1 saturated heterocycles. The summed E-state index contributed by atoms with van der Waals surface area (Å²) in [5.41, 5.74) is 3.08. The summed E-state index contributed by atoms with van der Waals surface area (Å²) < 4.78 is 5.77. The zero-order chi connectivity index (χ0) is 19.4. The standard InChI is InChI=1S/C21H22N2O4/c1-14-4-3-5-15(2)20(14)27-13-12-22-21(26)16-6-8-17(9-7-16)23-18(24)10-11-19(23)25/h3-9H,10-13H2,1-2H3,(H,22,26). The third-order valence-electron chi connectivity index (χ3n) is 4.48. The minimum Gasteiger partial charge on any atom is -0.491 e. The maximum atomic E-state index is 12.2. The molecule has 0 atom stereocenters. The van der Waals surface area contributed by atoms with Crippen LogP contribution < -0.4 is 15.0 Å². The zero-order valence-corrected chi connectivity index (χ0v) is 15.5. The monoisotopic (exact) mass is 366 g/mol. The molecule has 0 saturated carbocycles. The summed E-state index contributed by atoms with van der Waals surface area (Å²) in [5.74, 6) is 0.198. The van der Waals surface area contributed by atoms with Crippen LogP contribution in [0.5, 0.6) is 5.75 Å². The normalized spacial score (nSPS) is 13.8. The van der Waals surface area contributed by atoms with Crippen molar-refractivity contribution in [2.45, 2.75) is 26.7 Å². The molecule has 1 aliphatic rings. The van der Waals surface area contributed by atoms with Gasteiger partial charge in [0.05, 0.1) is 12.2 Å². The minimum atomic E-state index is -0.231. The van der Waals surface area contributed by atoms with Crippen LogP contribution in [0.3, 0.4) is 0 Å². The number of para-hydroxylation sites is 1. The number of aryl methyl sites for hydroxylation is 2. The molecule has 2 aromatic carbocycles. The Morgan fingerprint density at radius 1 is 1.00 bits per heavy atom. The number of nitrogens with one attached hydrogen (secondary N) is 1. The van der Waals surface area contributed by atoms with Gasteiger partial charge in [0.1, 0.15) is 12.4 Å². The predicted octanol–water partition coefficient (Wildman–Crippen LogP) is 2.77. The van der Waals surface area contributed by atoms with E-state index >= 15 is 0 Å². The van der Waals surface area contributed by atoms with Gasteiger partial charge in [-0.25, -0.2) is 0 Å². The Labute approximate surface area is 158 Å². The lowest BCUT2D eigenvalue weighted by molar-refractivity contribution is -0.121. The van der Waals surface area contributed by atoms with Gasteiger partial charge >= 0.3 is 0 Å². The second kappa shape index (κ2) is 8.03. The van der Waals surface area contributed by atoms with E-state index in [4.69, 9.17) is 4.74 Å². The van der Waals surface area contributed by atoms with Crippen molar-refractivity contribution in [3.63, 3.8) is 0 Å². The smallest absolute Gasteiger partial charge is 0.251 e. The fraction of sp³-hybridized carbons (Fsp3) is 0.286. The van der Waals surface area contributed by atoms with Gasteiger partial charge in [0, 0.05) is 18.4 Å². The number of anilines is 1. The summed E-state index contributed by atoms with van der Waals surface area (Å²) in [6, 6.07) is 12.4. The topological polar surface area (TPSA) is 75.7 Å². The first-order valence-corrected chi connectivity index (χ1v) is 8.90. The SMILES string of the molecule is Cc1cccc(C)c1OCCNC(=O)c1ccc(N2C(=O)CCC2=O)cc1. The molecule has 3 rings (SSSR count). The number of carbonyl (C=O) groups excluding carboxylic acids is 3. The molecule has 6 heteroatoms. The van der Waals surface area contributed by atoms with E-state index in [-0.39, 0.29) is 30.6 Å². The van der Waals surface area contributed by atoms with Crippen molar-refractivity contribution in [2.75, 3.05) is 18.1 Å². The number of amides is 3. The average Bonchev–Trinajstić information content (AvgIpc) is 2.99. The highest BCUT2D eigenvalue weighted by molar-refractivity contribution is 6.19. The van der Waals surface area contributed by atoms with Gasteiger partial charge in [0.25, 0.3) is 5.91 Å². The van der Waals surface area contributed by atoms with Crippen molar-refractivity contribution in [1.82, 2.24) is 5.32 Å². The molecule has 0 bridgehead atoms. The molecule has 3 amide bonds. The van der Waals surface area contributed by atoms with E-state index in [0.29, 0.717) is 24.4 Å².